The first-order valence-electron chi connectivity index (χ1n) is 6.96. The zero-order valence-electron chi connectivity index (χ0n) is 11.2. The molecule has 5 heteroatoms. The predicted octanol–water partition coefficient (Wildman–Crippen LogP) is 2.56. The summed E-state index contributed by atoms with van der Waals surface area (Å²) in [5.41, 5.74) is 2.16. The molecule has 2 heterocycles. The zero-order chi connectivity index (χ0) is 14.1. The van der Waals surface area contributed by atoms with Gasteiger partial charge in [0.25, 0.3) is 0 Å². The van der Waals surface area contributed by atoms with Gasteiger partial charge in [-0.25, -0.2) is 4.79 Å². The summed E-state index contributed by atoms with van der Waals surface area (Å²) in [5, 5.41) is 9.09. The van der Waals surface area contributed by atoms with Crippen LogP contribution in [0.15, 0.2) is 18.2 Å². The van der Waals surface area contributed by atoms with Gasteiger partial charge >= 0.3 is 5.97 Å². The Balaban J connectivity index is 1.81. The fraction of sp³-hybridized carbons (Fsp3) is 0.467. The van der Waals surface area contributed by atoms with Gasteiger partial charge in [0.1, 0.15) is 0 Å². The molecule has 1 saturated heterocycles. The number of hydrogen-bond donors (Lipinski definition) is 1. The number of aromatic carboxylic acids is 1. The number of hydrogen-bond acceptors (Lipinski definition) is 3. The SMILES string of the molecule is O=C(O)c1ccc2c(c1)CCN2C(=O)C1CCCCS1. The van der Waals surface area contributed by atoms with Gasteiger partial charge in [-0.2, -0.15) is 0 Å². The topological polar surface area (TPSA) is 57.6 Å². The summed E-state index contributed by atoms with van der Waals surface area (Å²) >= 11 is 1.76. The second-order valence-corrected chi connectivity index (χ2v) is 6.55. The quantitative estimate of drug-likeness (QED) is 0.910. The van der Waals surface area contributed by atoms with E-state index >= 15 is 0 Å². The molecule has 0 spiro atoms. The average Bonchev–Trinajstić information content (AvgIpc) is 2.90. The van der Waals surface area contributed by atoms with Gasteiger partial charge in [-0.1, -0.05) is 6.42 Å². The summed E-state index contributed by atoms with van der Waals surface area (Å²) in [7, 11) is 0. The molecule has 4 nitrogen and oxygen atoms in total. The first kappa shape index (κ1) is 13.5. The minimum Gasteiger partial charge on any atom is -0.478 e. The molecule has 2 aliphatic rings. The van der Waals surface area contributed by atoms with E-state index in [-0.39, 0.29) is 11.2 Å². The summed E-state index contributed by atoms with van der Waals surface area (Å²) in [5.74, 6) is 0.339. The van der Waals surface area contributed by atoms with Crippen LogP contribution in [0.2, 0.25) is 0 Å². The summed E-state index contributed by atoms with van der Waals surface area (Å²) in [6, 6.07) is 5.05. The van der Waals surface area contributed by atoms with Gasteiger partial charge < -0.3 is 10.0 Å². The molecule has 0 bridgehead atoms. The van der Waals surface area contributed by atoms with Crippen LogP contribution in [0.4, 0.5) is 5.69 Å². The minimum atomic E-state index is -0.916. The third-order valence-electron chi connectivity index (χ3n) is 3.94. The molecule has 1 fully saturated rings. The number of fused-ring (bicyclic) bond motifs is 1. The van der Waals surface area contributed by atoms with E-state index in [0.717, 1.165) is 36.3 Å². The van der Waals surface area contributed by atoms with Crippen molar-refractivity contribution in [2.75, 3.05) is 17.2 Å². The van der Waals surface area contributed by atoms with Crippen molar-refractivity contribution in [1.82, 2.24) is 0 Å². The Kier molecular flexibility index (Phi) is 3.70. The van der Waals surface area contributed by atoms with E-state index in [1.54, 1.807) is 30.0 Å². The van der Waals surface area contributed by atoms with Crippen LogP contribution in [-0.4, -0.2) is 34.5 Å². The van der Waals surface area contributed by atoms with Crippen molar-refractivity contribution in [2.24, 2.45) is 0 Å². The molecule has 1 aromatic carbocycles. The monoisotopic (exact) mass is 291 g/mol. The molecular formula is C15H17NO3S. The number of nitrogens with zero attached hydrogens (tertiary/aromatic N) is 1. The molecule has 0 saturated carbocycles. The second kappa shape index (κ2) is 5.48. The van der Waals surface area contributed by atoms with E-state index < -0.39 is 5.97 Å². The summed E-state index contributed by atoms with van der Waals surface area (Å²) < 4.78 is 0. The molecule has 1 amide bonds. The van der Waals surface area contributed by atoms with Crippen LogP contribution in [-0.2, 0) is 11.2 Å². The Labute approximate surface area is 122 Å². The third kappa shape index (κ3) is 2.42. The number of benzene rings is 1. The first-order chi connectivity index (χ1) is 9.66. The van der Waals surface area contributed by atoms with E-state index in [1.165, 1.54) is 6.42 Å². The van der Waals surface area contributed by atoms with Crippen molar-refractivity contribution in [3.8, 4) is 0 Å². The third-order valence-corrected chi connectivity index (χ3v) is 5.31. The van der Waals surface area contributed by atoms with E-state index in [9.17, 15) is 9.59 Å². The van der Waals surface area contributed by atoms with Gasteiger partial charge in [-0.15, -0.1) is 11.8 Å². The molecule has 0 aromatic heterocycles. The number of thioether (sulfide) groups is 1. The number of carboxylic acids is 1. The number of carbonyl (C=O) groups is 2. The largest absolute Gasteiger partial charge is 0.478 e. The highest BCUT2D eigenvalue weighted by Crippen LogP contribution is 2.33. The number of amides is 1. The fourth-order valence-electron chi connectivity index (χ4n) is 2.87. The van der Waals surface area contributed by atoms with Crippen molar-refractivity contribution < 1.29 is 14.7 Å². The zero-order valence-corrected chi connectivity index (χ0v) is 12.0. The fourth-order valence-corrected chi connectivity index (χ4v) is 4.13. The lowest BCUT2D eigenvalue weighted by molar-refractivity contribution is -0.118. The molecule has 0 aliphatic carbocycles. The number of carbonyl (C=O) groups excluding carboxylic acids is 1. The standard InChI is InChI=1S/C15H17NO3S/c17-14(13-3-1-2-8-20-13)16-7-6-10-9-11(15(18)19)4-5-12(10)16/h4-5,9,13H,1-3,6-8H2,(H,18,19). The number of carboxylic acid groups (broad SMARTS) is 1. The normalized spacial score (nSPS) is 21.6. The highest BCUT2D eigenvalue weighted by molar-refractivity contribution is 8.00. The van der Waals surface area contributed by atoms with Crippen molar-refractivity contribution in [3.63, 3.8) is 0 Å². The molecule has 20 heavy (non-hydrogen) atoms. The van der Waals surface area contributed by atoms with Crippen LogP contribution in [0.3, 0.4) is 0 Å². The maximum atomic E-state index is 12.6. The van der Waals surface area contributed by atoms with E-state index in [0.29, 0.717) is 12.1 Å². The number of anilines is 1. The Hall–Kier alpha value is -1.49. The minimum absolute atomic E-state index is 0.0776. The summed E-state index contributed by atoms with van der Waals surface area (Å²) in [6.07, 6.45) is 4.04. The lowest BCUT2D eigenvalue weighted by Crippen LogP contribution is -2.37. The van der Waals surface area contributed by atoms with Gasteiger partial charge in [-0.05, 0) is 48.8 Å². The summed E-state index contributed by atoms with van der Waals surface area (Å²) in [4.78, 5) is 25.4. The highest BCUT2D eigenvalue weighted by Gasteiger charge is 2.31. The molecule has 106 valence electrons. The molecule has 0 radical (unpaired) electrons. The molecule has 1 aromatic rings. The van der Waals surface area contributed by atoms with Crippen LogP contribution in [0, 0.1) is 0 Å². The van der Waals surface area contributed by atoms with Gasteiger partial charge in [0.2, 0.25) is 5.91 Å². The Morgan fingerprint density at radius 3 is 2.85 bits per heavy atom. The van der Waals surface area contributed by atoms with E-state index in [2.05, 4.69) is 0 Å². The second-order valence-electron chi connectivity index (χ2n) is 5.24. The molecule has 1 unspecified atom stereocenters. The van der Waals surface area contributed by atoms with Crippen molar-refractivity contribution in [2.45, 2.75) is 30.9 Å². The smallest absolute Gasteiger partial charge is 0.335 e. The van der Waals surface area contributed by atoms with E-state index in [4.69, 9.17) is 5.11 Å². The van der Waals surface area contributed by atoms with Crippen molar-refractivity contribution in [3.05, 3.63) is 29.3 Å². The van der Waals surface area contributed by atoms with Gasteiger partial charge in [0.05, 0.1) is 10.8 Å². The van der Waals surface area contributed by atoms with Crippen molar-refractivity contribution >= 4 is 29.3 Å². The Morgan fingerprint density at radius 2 is 2.15 bits per heavy atom. The van der Waals surface area contributed by atoms with Crippen molar-refractivity contribution in [1.29, 1.82) is 0 Å². The van der Waals surface area contributed by atoms with Crippen LogP contribution < -0.4 is 4.90 Å². The Bertz CT molecular complexity index is 552. The van der Waals surface area contributed by atoms with Crippen LogP contribution >= 0.6 is 11.8 Å². The number of rotatable bonds is 2. The maximum absolute atomic E-state index is 12.6. The van der Waals surface area contributed by atoms with Gasteiger partial charge in [-0.3, -0.25) is 4.79 Å². The van der Waals surface area contributed by atoms with Gasteiger partial charge in [0.15, 0.2) is 0 Å². The lowest BCUT2D eigenvalue weighted by Gasteiger charge is -2.26. The van der Waals surface area contributed by atoms with Crippen LogP contribution in [0.1, 0.15) is 35.2 Å². The average molecular weight is 291 g/mol. The molecule has 1 atom stereocenters. The summed E-state index contributed by atoms with van der Waals surface area (Å²) in [6.45, 7) is 0.675. The molecule has 1 N–H and O–H groups in total. The lowest BCUT2D eigenvalue weighted by atomic mass is 10.1. The van der Waals surface area contributed by atoms with Crippen LogP contribution in [0.5, 0.6) is 0 Å². The maximum Gasteiger partial charge on any atom is 0.335 e. The predicted molar refractivity (Wildman–Crippen MR) is 79.6 cm³/mol. The first-order valence-corrected chi connectivity index (χ1v) is 8.01. The van der Waals surface area contributed by atoms with Gasteiger partial charge in [0, 0.05) is 12.2 Å². The van der Waals surface area contributed by atoms with E-state index in [1.807, 2.05) is 4.90 Å². The van der Waals surface area contributed by atoms with Crippen LogP contribution in [0.25, 0.3) is 0 Å². The molecule has 2 aliphatic heterocycles. The molecular weight excluding hydrogens is 274 g/mol. The Morgan fingerprint density at radius 1 is 1.30 bits per heavy atom. The highest BCUT2D eigenvalue weighted by atomic mass is 32.2. The molecule has 3 rings (SSSR count).